The topological polar surface area (TPSA) is 75.5 Å². The summed E-state index contributed by atoms with van der Waals surface area (Å²) < 4.78 is 1.59. The normalized spacial score (nSPS) is 20.1. The van der Waals surface area contributed by atoms with Crippen molar-refractivity contribution in [3.05, 3.63) is 17.5 Å². The maximum atomic E-state index is 12.5. The lowest BCUT2D eigenvalue weighted by Crippen LogP contribution is -2.48. The zero-order chi connectivity index (χ0) is 15.9. The van der Waals surface area contributed by atoms with Crippen LogP contribution in [0.3, 0.4) is 0 Å². The van der Waals surface area contributed by atoms with Gasteiger partial charge in [-0.3, -0.25) is 24.0 Å². The van der Waals surface area contributed by atoms with Gasteiger partial charge in [-0.15, -0.1) is 0 Å². The Kier molecular flexibility index (Phi) is 3.94. The van der Waals surface area contributed by atoms with Crippen LogP contribution in [-0.4, -0.2) is 61.5 Å². The first-order chi connectivity index (χ1) is 10.5. The van der Waals surface area contributed by atoms with Gasteiger partial charge in [-0.25, -0.2) is 0 Å². The predicted octanol–water partition coefficient (Wildman–Crippen LogP) is 1.03. The van der Waals surface area contributed by atoms with Crippen molar-refractivity contribution in [2.75, 3.05) is 18.8 Å². The number of hydrogen-bond donors (Lipinski definition) is 0. The minimum absolute atomic E-state index is 0.0463. The van der Waals surface area contributed by atoms with Gasteiger partial charge in [0.05, 0.1) is 11.4 Å². The van der Waals surface area contributed by atoms with E-state index in [0.717, 1.165) is 17.5 Å². The minimum Gasteiger partial charge on any atom is -0.337 e. The maximum Gasteiger partial charge on any atom is 0.289 e. The van der Waals surface area contributed by atoms with Crippen LogP contribution in [-0.2, 0) is 11.8 Å². The van der Waals surface area contributed by atoms with Crippen LogP contribution in [0, 0.1) is 6.92 Å². The van der Waals surface area contributed by atoms with Crippen molar-refractivity contribution in [1.29, 1.82) is 0 Å². The van der Waals surface area contributed by atoms with E-state index in [9.17, 15) is 14.4 Å². The first kappa shape index (κ1) is 15.1. The first-order valence-corrected chi connectivity index (χ1v) is 8.24. The second-order valence-electron chi connectivity index (χ2n) is 5.64. The molecule has 7 nitrogen and oxygen atoms in total. The van der Waals surface area contributed by atoms with Gasteiger partial charge in [0, 0.05) is 26.2 Å². The molecule has 0 radical (unpaired) electrons. The zero-order valence-corrected chi connectivity index (χ0v) is 13.4. The van der Waals surface area contributed by atoms with Crippen molar-refractivity contribution in [1.82, 2.24) is 19.6 Å². The molecule has 0 N–H and O–H groups in total. The Morgan fingerprint density at radius 1 is 1.32 bits per heavy atom. The second kappa shape index (κ2) is 5.75. The quantitative estimate of drug-likeness (QED) is 0.813. The number of nitrogens with zero attached hydrogens (tertiary/aromatic N) is 4. The number of piperidine rings is 1. The van der Waals surface area contributed by atoms with E-state index in [1.54, 1.807) is 22.7 Å². The molecule has 0 saturated carbocycles. The molecule has 2 aliphatic heterocycles. The van der Waals surface area contributed by atoms with E-state index >= 15 is 0 Å². The molecule has 1 aromatic rings. The molecule has 3 amide bonds. The minimum atomic E-state index is -0.156. The van der Waals surface area contributed by atoms with E-state index < -0.39 is 0 Å². The molecule has 2 saturated heterocycles. The van der Waals surface area contributed by atoms with E-state index in [0.29, 0.717) is 31.6 Å². The molecule has 0 bridgehead atoms. The number of amides is 3. The molecule has 0 aromatic carbocycles. The third-order valence-electron chi connectivity index (χ3n) is 4.12. The fraction of sp³-hybridized carbons (Fsp3) is 0.571. The van der Waals surface area contributed by atoms with Crippen molar-refractivity contribution in [2.24, 2.45) is 7.05 Å². The van der Waals surface area contributed by atoms with Gasteiger partial charge in [0.2, 0.25) is 5.91 Å². The molecule has 0 unspecified atom stereocenters. The van der Waals surface area contributed by atoms with E-state index in [4.69, 9.17) is 0 Å². The molecule has 3 heterocycles. The molecule has 118 valence electrons. The zero-order valence-electron chi connectivity index (χ0n) is 12.6. The Balaban J connectivity index is 1.64. The van der Waals surface area contributed by atoms with E-state index in [1.807, 2.05) is 6.92 Å². The van der Waals surface area contributed by atoms with Crippen molar-refractivity contribution >= 4 is 28.8 Å². The summed E-state index contributed by atoms with van der Waals surface area (Å²) in [7, 11) is 1.76. The number of thioether (sulfide) groups is 1. The lowest BCUT2D eigenvalue weighted by molar-refractivity contribution is -0.126. The monoisotopic (exact) mass is 322 g/mol. The van der Waals surface area contributed by atoms with Crippen molar-refractivity contribution in [2.45, 2.75) is 25.8 Å². The van der Waals surface area contributed by atoms with Crippen LogP contribution < -0.4 is 0 Å². The maximum absolute atomic E-state index is 12.5. The molecular weight excluding hydrogens is 304 g/mol. The number of likely N-dealkylation sites (tertiary alicyclic amines) is 1. The third kappa shape index (κ3) is 2.63. The van der Waals surface area contributed by atoms with Crippen LogP contribution in [0.4, 0.5) is 4.79 Å². The number of hydrogen-bond acceptors (Lipinski definition) is 5. The van der Waals surface area contributed by atoms with Gasteiger partial charge < -0.3 is 4.90 Å². The van der Waals surface area contributed by atoms with Crippen LogP contribution in [0.2, 0.25) is 0 Å². The summed E-state index contributed by atoms with van der Waals surface area (Å²) in [6.45, 7) is 2.95. The van der Waals surface area contributed by atoms with Crippen molar-refractivity contribution in [3.8, 4) is 0 Å². The Labute approximate surface area is 132 Å². The summed E-state index contributed by atoms with van der Waals surface area (Å²) >= 11 is 1.06. The van der Waals surface area contributed by atoms with Gasteiger partial charge in [0.15, 0.2) is 0 Å². The van der Waals surface area contributed by atoms with Gasteiger partial charge in [0.25, 0.3) is 11.1 Å². The highest BCUT2D eigenvalue weighted by Crippen LogP contribution is 2.27. The van der Waals surface area contributed by atoms with Crippen molar-refractivity contribution < 1.29 is 14.4 Å². The number of rotatable bonds is 2. The Morgan fingerprint density at radius 3 is 2.50 bits per heavy atom. The summed E-state index contributed by atoms with van der Waals surface area (Å²) in [5.74, 6) is 0.0868. The summed E-state index contributed by atoms with van der Waals surface area (Å²) in [6.07, 6.45) is 1.28. The summed E-state index contributed by atoms with van der Waals surface area (Å²) in [6, 6.07) is 1.70. The fourth-order valence-corrected chi connectivity index (χ4v) is 3.79. The molecule has 22 heavy (non-hydrogen) atoms. The van der Waals surface area contributed by atoms with Gasteiger partial charge >= 0.3 is 0 Å². The predicted molar refractivity (Wildman–Crippen MR) is 81.6 cm³/mol. The third-order valence-corrected chi connectivity index (χ3v) is 4.96. The Bertz CT molecular complexity index is 618. The van der Waals surface area contributed by atoms with Crippen LogP contribution >= 0.6 is 11.8 Å². The molecular formula is C14H18N4O3S. The lowest BCUT2D eigenvalue weighted by atomic mass is 10.0. The van der Waals surface area contributed by atoms with Gasteiger partial charge in [0.1, 0.15) is 5.69 Å². The number of aryl methyl sites for hydroxylation is 2. The summed E-state index contributed by atoms with van der Waals surface area (Å²) in [4.78, 5) is 39.2. The molecule has 0 spiro atoms. The number of carbonyl (C=O) groups excluding carboxylic acids is 3. The van der Waals surface area contributed by atoms with Crippen LogP contribution in [0.25, 0.3) is 0 Å². The molecule has 2 fully saturated rings. The van der Waals surface area contributed by atoms with Crippen molar-refractivity contribution in [3.63, 3.8) is 0 Å². The molecule has 0 aliphatic carbocycles. The average molecular weight is 322 g/mol. The molecule has 1 aromatic heterocycles. The Morgan fingerprint density at radius 2 is 2.00 bits per heavy atom. The molecule has 8 heteroatoms. The highest BCUT2D eigenvalue weighted by Gasteiger charge is 2.38. The summed E-state index contributed by atoms with van der Waals surface area (Å²) in [5.41, 5.74) is 1.38. The molecule has 0 atom stereocenters. The number of carbonyl (C=O) groups is 3. The van der Waals surface area contributed by atoms with E-state index in [2.05, 4.69) is 5.10 Å². The van der Waals surface area contributed by atoms with Crippen LogP contribution in [0.15, 0.2) is 6.07 Å². The second-order valence-corrected chi connectivity index (χ2v) is 6.56. The largest absolute Gasteiger partial charge is 0.337 e. The average Bonchev–Trinajstić information content (AvgIpc) is 3.00. The van der Waals surface area contributed by atoms with E-state index in [-0.39, 0.29) is 28.8 Å². The SMILES string of the molecule is Cc1cc(C(=O)N2CCC(N3C(=O)CSC3=O)CC2)n(C)n1. The smallest absolute Gasteiger partial charge is 0.289 e. The first-order valence-electron chi connectivity index (χ1n) is 7.26. The lowest BCUT2D eigenvalue weighted by Gasteiger charge is -2.35. The van der Waals surface area contributed by atoms with Gasteiger partial charge in [-0.2, -0.15) is 5.10 Å². The van der Waals surface area contributed by atoms with Gasteiger partial charge in [-0.1, -0.05) is 11.8 Å². The number of aromatic nitrogens is 2. The summed E-state index contributed by atoms with van der Waals surface area (Å²) in [5, 5.41) is 4.04. The number of imide groups is 1. The Hall–Kier alpha value is -1.83. The molecule has 2 aliphatic rings. The van der Waals surface area contributed by atoms with Crippen LogP contribution in [0.1, 0.15) is 29.0 Å². The fourth-order valence-electron chi connectivity index (χ4n) is 3.02. The molecule has 3 rings (SSSR count). The van der Waals surface area contributed by atoms with E-state index in [1.165, 1.54) is 4.90 Å². The highest BCUT2D eigenvalue weighted by atomic mass is 32.2. The standard InChI is InChI=1S/C14H18N4O3S/c1-9-7-11(16(2)15-9)13(20)17-5-3-10(4-6-17)18-12(19)8-22-14(18)21/h7,10H,3-6,8H2,1-2H3. The highest BCUT2D eigenvalue weighted by molar-refractivity contribution is 8.14. The van der Waals surface area contributed by atoms with Gasteiger partial charge in [-0.05, 0) is 25.8 Å². The van der Waals surface area contributed by atoms with Crippen LogP contribution in [0.5, 0.6) is 0 Å².